The van der Waals surface area contributed by atoms with Gasteiger partial charge in [0.05, 0.1) is 11.9 Å². The Kier molecular flexibility index (Phi) is 10.3. The van der Waals surface area contributed by atoms with Crippen molar-refractivity contribution in [3.8, 4) is 0 Å². The maximum absolute atomic E-state index is 13.4. The molecule has 0 aliphatic heterocycles. The summed E-state index contributed by atoms with van der Waals surface area (Å²) in [6.45, 7) is 10.6. The summed E-state index contributed by atoms with van der Waals surface area (Å²) in [5, 5.41) is 2.83. The van der Waals surface area contributed by atoms with E-state index in [0.29, 0.717) is 31.6 Å². The van der Waals surface area contributed by atoms with Crippen LogP contribution in [0.15, 0.2) is 42.5 Å². The summed E-state index contributed by atoms with van der Waals surface area (Å²) in [6.07, 6.45) is 2.14. The molecule has 0 fully saturated rings. The number of carbonyl (C=O) groups is 2. The first-order valence-electron chi connectivity index (χ1n) is 12.2. The molecule has 2 rings (SSSR count). The molecule has 0 spiro atoms. The predicted molar refractivity (Wildman–Crippen MR) is 142 cm³/mol. The molecule has 35 heavy (non-hydrogen) atoms. The fourth-order valence-electron chi connectivity index (χ4n) is 4.10. The van der Waals surface area contributed by atoms with Crippen LogP contribution in [0, 0.1) is 20.8 Å². The molecular weight excluding hydrogens is 462 g/mol. The number of aryl methyl sites for hydroxylation is 3. The average molecular weight is 502 g/mol. The van der Waals surface area contributed by atoms with Crippen LogP contribution >= 0.6 is 0 Å². The largest absolute Gasteiger partial charge is 0.355 e. The number of nitrogens with one attached hydrogen (secondary N) is 1. The van der Waals surface area contributed by atoms with Crippen LogP contribution in [0.2, 0.25) is 0 Å². The molecule has 0 bridgehead atoms. The zero-order valence-corrected chi connectivity index (χ0v) is 22.6. The number of sulfonamides is 1. The van der Waals surface area contributed by atoms with E-state index in [-0.39, 0.29) is 24.8 Å². The molecule has 8 heteroatoms. The van der Waals surface area contributed by atoms with Crippen LogP contribution in [0.3, 0.4) is 0 Å². The third-order valence-corrected chi connectivity index (χ3v) is 7.30. The van der Waals surface area contributed by atoms with Crippen molar-refractivity contribution in [1.29, 1.82) is 0 Å². The summed E-state index contributed by atoms with van der Waals surface area (Å²) >= 11 is 0. The van der Waals surface area contributed by atoms with Crippen molar-refractivity contribution in [1.82, 2.24) is 10.2 Å². The highest BCUT2D eigenvalue weighted by Crippen LogP contribution is 2.22. The Labute approximate surface area is 210 Å². The standard InChI is InChI=1S/C27H39N3O4S/c1-7-25(27(32)28-8-2)29(19-23-12-9-11-20(3)17-23)26(31)13-10-16-30(35(6,33)34)24-15-14-21(4)22(5)18-24/h9,11-12,14-15,17-18,25H,7-8,10,13,16,19H2,1-6H3,(H,28,32)/t25-/m0/s1. The van der Waals surface area contributed by atoms with Crippen molar-refractivity contribution in [2.75, 3.05) is 23.7 Å². The number of anilines is 1. The maximum Gasteiger partial charge on any atom is 0.242 e. The van der Waals surface area contributed by atoms with E-state index in [4.69, 9.17) is 0 Å². The van der Waals surface area contributed by atoms with Crippen molar-refractivity contribution in [2.45, 2.75) is 66.5 Å². The Morgan fingerprint density at radius 2 is 1.71 bits per heavy atom. The first-order valence-corrected chi connectivity index (χ1v) is 14.0. The highest BCUT2D eigenvalue weighted by molar-refractivity contribution is 7.92. The summed E-state index contributed by atoms with van der Waals surface area (Å²) in [5.74, 6) is -0.345. The smallest absolute Gasteiger partial charge is 0.242 e. The number of likely N-dealkylation sites (N-methyl/N-ethyl adjacent to an activating group) is 1. The molecule has 0 saturated heterocycles. The number of rotatable bonds is 12. The van der Waals surface area contributed by atoms with Gasteiger partial charge in [-0.1, -0.05) is 42.8 Å². The Bertz CT molecular complexity index is 1130. The molecule has 7 nitrogen and oxygen atoms in total. The summed E-state index contributed by atoms with van der Waals surface area (Å²) in [6, 6.07) is 12.8. The fourth-order valence-corrected chi connectivity index (χ4v) is 5.06. The van der Waals surface area contributed by atoms with Gasteiger partial charge in [0.1, 0.15) is 6.04 Å². The lowest BCUT2D eigenvalue weighted by Gasteiger charge is -2.31. The first kappa shape index (κ1) is 28.4. The summed E-state index contributed by atoms with van der Waals surface area (Å²) in [5.41, 5.74) is 4.71. The van der Waals surface area contributed by atoms with Gasteiger partial charge in [0.15, 0.2) is 0 Å². The minimum absolute atomic E-state index is 0.137. The normalized spacial score (nSPS) is 12.2. The monoisotopic (exact) mass is 501 g/mol. The second kappa shape index (κ2) is 12.7. The van der Waals surface area contributed by atoms with Gasteiger partial charge >= 0.3 is 0 Å². The summed E-state index contributed by atoms with van der Waals surface area (Å²) in [4.78, 5) is 27.8. The fraction of sp³-hybridized carbons (Fsp3) is 0.481. The van der Waals surface area contributed by atoms with E-state index in [2.05, 4.69) is 5.32 Å². The second-order valence-corrected chi connectivity index (χ2v) is 10.9. The van der Waals surface area contributed by atoms with Gasteiger partial charge in [-0.25, -0.2) is 8.42 Å². The van der Waals surface area contributed by atoms with Crippen LogP contribution in [-0.2, 0) is 26.2 Å². The number of hydrogen-bond acceptors (Lipinski definition) is 4. The molecule has 1 N–H and O–H groups in total. The number of nitrogens with zero attached hydrogens (tertiary/aromatic N) is 2. The summed E-state index contributed by atoms with van der Waals surface area (Å²) in [7, 11) is -3.52. The van der Waals surface area contributed by atoms with E-state index in [1.807, 2.05) is 71.0 Å². The average Bonchev–Trinajstić information content (AvgIpc) is 2.78. The van der Waals surface area contributed by atoms with Crippen LogP contribution in [0.5, 0.6) is 0 Å². The van der Waals surface area contributed by atoms with E-state index >= 15 is 0 Å². The number of amides is 2. The lowest BCUT2D eigenvalue weighted by atomic mass is 10.1. The van der Waals surface area contributed by atoms with Crippen LogP contribution in [-0.4, -0.2) is 50.5 Å². The minimum atomic E-state index is -3.52. The molecule has 1 atom stereocenters. The molecule has 0 aliphatic carbocycles. The van der Waals surface area contributed by atoms with E-state index in [1.165, 1.54) is 10.6 Å². The van der Waals surface area contributed by atoms with Gasteiger partial charge in [0, 0.05) is 26.1 Å². The third-order valence-electron chi connectivity index (χ3n) is 6.10. The first-order chi connectivity index (χ1) is 16.5. The molecule has 0 radical (unpaired) electrons. The predicted octanol–water partition coefficient (Wildman–Crippen LogP) is 4.10. The quantitative estimate of drug-likeness (QED) is 0.474. The topological polar surface area (TPSA) is 86.8 Å². The van der Waals surface area contributed by atoms with E-state index in [0.717, 1.165) is 22.3 Å². The maximum atomic E-state index is 13.4. The van der Waals surface area contributed by atoms with E-state index in [1.54, 1.807) is 11.0 Å². The molecule has 0 aromatic heterocycles. The van der Waals surface area contributed by atoms with Gasteiger partial charge in [-0.15, -0.1) is 0 Å². The lowest BCUT2D eigenvalue weighted by molar-refractivity contribution is -0.141. The molecule has 0 unspecified atom stereocenters. The van der Waals surface area contributed by atoms with Gasteiger partial charge in [0.2, 0.25) is 21.8 Å². The number of hydrogen-bond donors (Lipinski definition) is 1. The van der Waals surface area contributed by atoms with Crippen molar-refractivity contribution in [2.24, 2.45) is 0 Å². The second-order valence-electron chi connectivity index (χ2n) is 9.04. The molecule has 0 aliphatic rings. The Balaban J connectivity index is 2.22. The highest BCUT2D eigenvalue weighted by atomic mass is 32.2. The van der Waals surface area contributed by atoms with Crippen LogP contribution in [0.4, 0.5) is 5.69 Å². The van der Waals surface area contributed by atoms with Crippen LogP contribution in [0.1, 0.15) is 55.4 Å². The molecule has 0 heterocycles. The molecule has 2 aromatic rings. The van der Waals surface area contributed by atoms with E-state index in [9.17, 15) is 18.0 Å². The van der Waals surface area contributed by atoms with Crippen molar-refractivity contribution in [3.63, 3.8) is 0 Å². The van der Waals surface area contributed by atoms with E-state index < -0.39 is 16.1 Å². The minimum Gasteiger partial charge on any atom is -0.355 e. The Morgan fingerprint density at radius 3 is 2.29 bits per heavy atom. The highest BCUT2D eigenvalue weighted by Gasteiger charge is 2.28. The zero-order valence-electron chi connectivity index (χ0n) is 21.8. The summed E-state index contributed by atoms with van der Waals surface area (Å²) < 4.78 is 26.4. The Hall–Kier alpha value is -2.87. The Morgan fingerprint density at radius 1 is 1.00 bits per heavy atom. The molecule has 2 aromatic carbocycles. The van der Waals surface area contributed by atoms with Crippen LogP contribution in [0.25, 0.3) is 0 Å². The third kappa shape index (κ3) is 8.09. The van der Waals surface area contributed by atoms with Gasteiger partial charge in [-0.3, -0.25) is 13.9 Å². The van der Waals surface area contributed by atoms with Crippen molar-refractivity contribution < 1.29 is 18.0 Å². The molecule has 2 amide bonds. The SMILES string of the molecule is CCNC(=O)[C@H](CC)N(Cc1cccc(C)c1)C(=O)CCCN(c1ccc(C)c(C)c1)S(C)(=O)=O. The molecular formula is C27H39N3O4S. The number of carbonyl (C=O) groups excluding carboxylic acids is 2. The number of benzene rings is 2. The van der Waals surface area contributed by atoms with Crippen molar-refractivity contribution >= 4 is 27.5 Å². The molecule has 0 saturated carbocycles. The van der Waals surface area contributed by atoms with Crippen LogP contribution < -0.4 is 9.62 Å². The van der Waals surface area contributed by atoms with Gasteiger partial charge in [0.25, 0.3) is 0 Å². The zero-order chi connectivity index (χ0) is 26.2. The van der Waals surface area contributed by atoms with Gasteiger partial charge in [-0.05, 0) is 69.4 Å². The lowest BCUT2D eigenvalue weighted by Crippen LogP contribution is -2.49. The van der Waals surface area contributed by atoms with Gasteiger partial charge < -0.3 is 10.2 Å². The molecule has 192 valence electrons. The van der Waals surface area contributed by atoms with Gasteiger partial charge in [-0.2, -0.15) is 0 Å². The van der Waals surface area contributed by atoms with Crippen molar-refractivity contribution in [3.05, 3.63) is 64.7 Å².